The van der Waals surface area contributed by atoms with E-state index in [4.69, 9.17) is 23.7 Å². The molecule has 1 aromatic rings. The van der Waals surface area contributed by atoms with E-state index in [1.54, 1.807) is 0 Å². The average molecular weight is 773 g/mol. The Balaban J connectivity index is 1.01. The monoisotopic (exact) mass is 772 g/mol. The quantitative estimate of drug-likeness (QED) is 0.0197. The highest BCUT2D eigenvalue weighted by molar-refractivity contribution is 8.00. The Kier molecular flexibility index (Phi) is 20.0. The van der Waals surface area contributed by atoms with Crippen LogP contribution in [0.1, 0.15) is 38.5 Å². The number of nitrogens with one attached hydrogen (secondary N) is 4. The minimum Gasteiger partial charge on any atom is -0.420 e. The maximum atomic E-state index is 13.5. The molecule has 2 saturated heterocycles. The Labute approximate surface area is 301 Å². The first-order chi connectivity index (χ1) is 25.1. The number of benzene rings is 1. The molecule has 4 amide bonds. The van der Waals surface area contributed by atoms with Crippen LogP contribution in [-0.4, -0.2) is 126 Å². The number of carbonyl (C=O) groups is 4. The van der Waals surface area contributed by atoms with Gasteiger partial charge in [0, 0.05) is 36.9 Å². The molecule has 14 nitrogen and oxygen atoms in total. The predicted molar refractivity (Wildman–Crippen MR) is 175 cm³/mol. The minimum atomic E-state index is -2.36. The highest BCUT2D eigenvalue weighted by Gasteiger charge is 2.42. The normalized spacial score (nSPS) is 17.8. The number of ether oxygens (including phenoxy) is 6. The molecule has 0 aromatic heterocycles. The number of fused-ring (bicyclic) bond motifs is 1. The summed E-state index contributed by atoms with van der Waals surface area (Å²) in [7, 11) is 0. The van der Waals surface area contributed by atoms with E-state index >= 15 is 0 Å². The standard InChI is InChI=1S/C32H45F5N4O10S/c33-25-26(34)28(36)31(29(37)27(25)35)51-24(44)6-10-47-12-14-49-16-18-50-17-15-48-13-11-46-9-5-23(43)39-8-7-38-22(42)4-2-1-3-21-30-20(19-52-21)40-32(45)41-30/h20-21,30H,1-19H2,(H,38,42)(H,39,43)(H2,40,41,45)/t20-,21-,30-/m0/s1. The van der Waals surface area contributed by atoms with E-state index in [0.717, 1.165) is 25.0 Å². The Hall–Kier alpha value is -3.30. The second-order valence-electron chi connectivity index (χ2n) is 11.5. The molecule has 2 fully saturated rings. The van der Waals surface area contributed by atoms with Crippen LogP contribution in [0.5, 0.6) is 5.75 Å². The van der Waals surface area contributed by atoms with Crippen LogP contribution in [0.3, 0.4) is 0 Å². The zero-order chi connectivity index (χ0) is 37.7. The van der Waals surface area contributed by atoms with E-state index in [1.165, 1.54) is 0 Å². The van der Waals surface area contributed by atoms with Crippen LogP contribution in [0.4, 0.5) is 26.7 Å². The second kappa shape index (κ2) is 24.1. The molecule has 2 heterocycles. The third-order valence-electron chi connectivity index (χ3n) is 7.65. The zero-order valence-electron chi connectivity index (χ0n) is 28.5. The Morgan fingerprint density at radius 2 is 1.12 bits per heavy atom. The largest absolute Gasteiger partial charge is 0.420 e. The van der Waals surface area contributed by atoms with Crippen LogP contribution < -0.4 is 26.0 Å². The van der Waals surface area contributed by atoms with Crippen molar-refractivity contribution in [3.63, 3.8) is 0 Å². The van der Waals surface area contributed by atoms with Gasteiger partial charge in [0.25, 0.3) is 0 Å². The van der Waals surface area contributed by atoms with Crippen molar-refractivity contribution in [1.82, 2.24) is 21.3 Å². The van der Waals surface area contributed by atoms with Crippen LogP contribution in [0.25, 0.3) is 0 Å². The first-order valence-electron chi connectivity index (χ1n) is 16.9. The van der Waals surface area contributed by atoms with Crippen LogP contribution >= 0.6 is 11.8 Å². The summed E-state index contributed by atoms with van der Waals surface area (Å²) >= 11 is 1.86. The Bertz CT molecular complexity index is 1290. The van der Waals surface area contributed by atoms with Crippen molar-refractivity contribution in [2.24, 2.45) is 0 Å². The lowest BCUT2D eigenvalue weighted by Gasteiger charge is -2.16. The summed E-state index contributed by atoms with van der Waals surface area (Å²) in [6.45, 7) is 2.60. The van der Waals surface area contributed by atoms with Gasteiger partial charge in [-0.25, -0.2) is 18.0 Å². The van der Waals surface area contributed by atoms with Crippen molar-refractivity contribution in [3.05, 3.63) is 29.1 Å². The number of hydrogen-bond donors (Lipinski definition) is 4. The lowest BCUT2D eigenvalue weighted by molar-refractivity contribution is -0.136. The number of thioether (sulfide) groups is 1. The minimum absolute atomic E-state index is 0.0565. The van der Waals surface area contributed by atoms with Gasteiger partial charge in [0.15, 0.2) is 0 Å². The zero-order valence-corrected chi connectivity index (χ0v) is 29.4. The molecular weight excluding hydrogens is 727 g/mol. The van der Waals surface area contributed by atoms with Crippen molar-refractivity contribution in [2.75, 3.05) is 84.9 Å². The summed E-state index contributed by atoms with van der Waals surface area (Å²) in [5.41, 5.74) is 0. The van der Waals surface area contributed by atoms with Gasteiger partial charge in [0.05, 0.1) is 84.6 Å². The molecule has 2 aliphatic heterocycles. The van der Waals surface area contributed by atoms with Crippen LogP contribution in [0, 0.1) is 29.1 Å². The van der Waals surface area contributed by atoms with Gasteiger partial charge in [-0.2, -0.15) is 20.5 Å². The first-order valence-corrected chi connectivity index (χ1v) is 18.0. The molecule has 1 aromatic carbocycles. The van der Waals surface area contributed by atoms with Crippen molar-refractivity contribution < 1.29 is 69.6 Å². The SMILES string of the molecule is O=C(CCCC[C@@H]1SC[C@@H]2NC(=O)N[C@@H]21)NCCNC(=O)CCOCCOCCOCCOCCOCCC(=O)Oc1c(F)c(F)c(F)c(F)c1F. The van der Waals surface area contributed by atoms with Crippen molar-refractivity contribution in [2.45, 2.75) is 55.9 Å². The third-order valence-corrected chi connectivity index (χ3v) is 9.16. The molecule has 52 heavy (non-hydrogen) atoms. The molecule has 0 unspecified atom stereocenters. The van der Waals surface area contributed by atoms with E-state index in [1.807, 2.05) is 11.8 Å². The average Bonchev–Trinajstić information content (AvgIpc) is 3.68. The fourth-order valence-corrected chi connectivity index (χ4v) is 6.54. The molecule has 2 aliphatic rings. The van der Waals surface area contributed by atoms with E-state index in [2.05, 4.69) is 26.0 Å². The van der Waals surface area contributed by atoms with Crippen LogP contribution in [0.2, 0.25) is 0 Å². The predicted octanol–water partition coefficient (Wildman–Crippen LogP) is 2.11. The molecular formula is C32H45F5N4O10S. The van der Waals surface area contributed by atoms with Gasteiger partial charge < -0.3 is 49.7 Å². The van der Waals surface area contributed by atoms with Crippen molar-refractivity contribution in [3.8, 4) is 5.75 Å². The molecule has 20 heteroatoms. The second-order valence-corrected chi connectivity index (χ2v) is 12.8. The van der Waals surface area contributed by atoms with E-state index in [-0.39, 0.29) is 76.0 Å². The molecule has 0 aliphatic carbocycles. The summed E-state index contributed by atoms with van der Waals surface area (Å²) in [6.07, 6.45) is 2.72. The third kappa shape index (κ3) is 15.4. The Morgan fingerprint density at radius 1 is 0.635 bits per heavy atom. The fourth-order valence-electron chi connectivity index (χ4n) is 5.00. The van der Waals surface area contributed by atoms with Gasteiger partial charge in [-0.15, -0.1) is 0 Å². The van der Waals surface area contributed by atoms with Gasteiger partial charge in [0.1, 0.15) is 0 Å². The van der Waals surface area contributed by atoms with Gasteiger partial charge in [-0.3, -0.25) is 14.4 Å². The van der Waals surface area contributed by atoms with E-state index in [0.29, 0.717) is 51.2 Å². The van der Waals surface area contributed by atoms with Gasteiger partial charge in [-0.05, 0) is 12.8 Å². The number of halogens is 5. The van der Waals surface area contributed by atoms with Gasteiger partial charge in [0.2, 0.25) is 46.6 Å². The maximum Gasteiger partial charge on any atom is 0.315 e. The van der Waals surface area contributed by atoms with Crippen LogP contribution in [-0.2, 0) is 38.1 Å². The lowest BCUT2D eigenvalue weighted by atomic mass is 10.0. The van der Waals surface area contributed by atoms with Crippen LogP contribution in [0.15, 0.2) is 0 Å². The molecule has 0 saturated carbocycles. The summed E-state index contributed by atoms with van der Waals surface area (Å²) in [6, 6.07) is 0.273. The molecule has 294 valence electrons. The molecule has 3 atom stereocenters. The number of hydrogen-bond acceptors (Lipinski definition) is 11. The number of amides is 4. The molecule has 0 bridgehead atoms. The number of carbonyl (C=O) groups excluding carboxylic acids is 4. The highest BCUT2D eigenvalue weighted by atomic mass is 32.2. The molecule has 0 radical (unpaired) electrons. The summed E-state index contributed by atoms with van der Waals surface area (Å²) in [5.74, 6) is -13.5. The summed E-state index contributed by atoms with van der Waals surface area (Å²) in [5, 5.41) is 11.8. The van der Waals surface area contributed by atoms with Gasteiger partial charge >= 0.3 is 12.0 Å². The number of urea groups is 1. The van der Waals surface area contributed by atoms with E-state index < -0.39 is 47.2 Å². The van der Waals surface area contributed by atoms with Crippen molar-refractivity contribution in [1.29, 1.82) is 0 Å². The first kappa shape index (κ1) is 43.1. The smallest absolute Gasteiger partial charge is 0.315 e. The molecule has 4 N–H and O–H groups in total. The van der Waals surface area contributed by atoms with Gasteiger partial charge in [-0.1, -0.05) is 6.42 Å². The summed E-state index contributed by atoms with van der Waals surface area (Å²) < 4.78 is 97.2. The number of rotatable bonds is 27. The maximum absolute atomic E-state index is 13.5. The molecule has 3 rings (SSSR count). The highest BCUT2D eigenvalue weighted by Crippen LogP contribution is 2.33. The number of unbranched alkanes of at least 4 members (excludes halogenated alkanes) is 1. The Morgan fingerprint density at radius 3 is 1.67 bits per heavy atom. The van der Waals surface area contributed by atoms with Crippen molar-refractivity contribution >= 4 is 35.6 Å². The molecule has 0 spiro atoms. The summed E-state index contributed by atoms with van der Waals surface area (Å²) in [4.78, 5) is 47.1. The van der Waals surface area contributed by atoms with E-state index in [9.17, 15) is 41.1 Å². The number of esters is 1. The topological polar surface area (TPSA) is 172 Å². The lowest BCUT2D eigenvalue weighted by Crippen LogP contribution is -2.36. The fraction of sp³-hybridized carbons (Fsp3) is 0.688.